The van der Waals surface area contributed by atoms with Gasteiger partial charge in [-0.25, -0.2) is 4.98 Å². The smallest absolute Gasteiger partial charge is 0.488 e. The molecule has 1 aromatic heterocycles. The van der Waals surface area contributed by atoms with Crippen LogP contribution in [0.25, 0.3) is 0 Å². The zero-order valence-corrected chi connectivity index (χ0v) is 26.4. The van der Waals surface area contributed by atoms with E-state index in [1.165, 1.54) is 48.9 Å². The van der Waals surface area contributed by atoms with E-state index in [9.17, 15) is 16.9 Å². The van der Waals surface area contributed by atoms with Gasteiger partial charge in [-0.05, 0) is 75.2 Å². The number of nitrogens with one attached hydrogen (secondary N) is 2. The van der Waals surface area contributed by atoms with E-state index in [2.05, 4.69) is 43.7 Å². The summed E-state index contributed by atoms with van der Waals surface area (Å²) in [6.07, 6.45) is 2.32. The number of nitrogens with zero attached hydrogens (tertiary/aromatic N) is 3. The van der Waals surface area contributed by atoms with Crippen molar-refractivity contribution >= 4 is 82.5 Å². The molecule has 16 heteroatoms. The molecule has 0 aliphatic carbocycles. The average molecular weight is 657 g/mol. The maximum atomic E-state index is 13.0. The number of likely N-dealkylation sites (N-methyl/N-ethyl adjacent to an activating group) is 1. The van der Waals surface area contributed by atoms with Crippen LogP contribution in [0.15, 0.2) is 36.5 Å². The molecule has 0 bridgehead atoms. The van der Waals surface area contributed by atoms with E-state index in [4.69, 9.17) is 16.3 Å². The van der Waals surface area contributed by atoms with Gasteiger partial charge in [-0.2, -0.15) is 13.4 Å². The summed E-state index contributed by atoms with van der Waals surface area (Å²) in [4.78, 5) is 11.0. The molecule has 1 aliphatic heterocycles. The van der Waals surface area contributed by atoms with E-state index >= 15 is 0 Å². The molecular weight excluding hydrogens is 627 g/mol. The van der Waals surface area contributed by atoms with Crippen molar-refractivity contribution in [2.24, 2.45) is 0 Å². The molecule has 0 fully saturated rings. The molecule has 1 aliphatic rings. The highest BCUT2D eigenvalue weighted by atomic mass is 35.5. The maximum absolute atomic E-state index is 13.0. The predicted molar refractivity (Wildman–Crippen MR) is 162 cm³/mol. The summed E-state index contributed by atoms with van der Waals surface area (Å²) in [6.45, 7) is 6.07. The lowest BCUT2D eigenvalue weighted by Gasteiger charge is -2.33. The van der Waals surface area contributed by atoms with Crippen molar-refractivity contribution in [3.63, 3.8) is 0 Å². The standard InChI is InChI=1S/C24H28ClFN5O5PS.2ClH/c1-14-17-12-20(21(35-3)10-15(17)8-9-31(14)2)29-24-27-13-18(25)23(30-24)28-19-7-6-16(36-38(26,33)34)11-22(19)37(4,5)32;;/h6-7,10-14H,8-9H2,1-5H3,(H2,27,28,29,30);2*1H. The molecule has 3 aromatic rings. The molecule has 0 saturated heterocycles. The van der Waals surface area contributed by atoms with Gasteiger partial charge >= 0.3 is 10.5 Å². The Morgan fingerprint density at radius 3 is 2.48 bits per heavy atom. The molecule has 220 valence electrons. The van der Waals surface area contributed by atoms with Gasteiger partial charge in [-0.1, -0.05) is 15.5 Å². The lowest BCUT2D eigenvalue weighted by atomic mass is 9.93. The number of fused-ring (bicyclic) bond motifs is 1. The second-order valence-corrected chi connectivity index (χ2v) is 13.8. The van der Waals surface area contributed by atoms with Crippen LogP contribution in [0.5, 0.6) is 11.5 Å². The molecule has 4 rings (SSSR count). The van der Waals surface area contributed by atoms with Crippen molar-refractivity contribution in [3.8, 4) is 11.5 Å². The van der Waals surface area contributed by atoms with Crippen LogP contribution in [0, 0.1) is 0 Å². The van der Waals surface area contributed by atoms with Gasteiger partial charge in [0, 0.05) is 17.9 Å². The summed E-state index contributed by atoms with van der Waals surface area (Å²) in [7, 11) is -4.55. The first kappa shape index (κ1) is 33.9. The zero-order chi connectivity index (χ0) is 27.8. The first-order valence-electron chi connectivity index (χ1n) is 11.6. The number of methoxy groups -OCH3 is 1. The Balaban J connectivity index is 0.00000280. The summed E-state index contributed by atoms with van der Waals surface area (Å²) in [5, 5.41) is 6.62. The monoisotopic (exact) mass is 655 g/mol. The largest absolute Gasteiger partial charge is 0.495 e. The van der Waals surface area contributed by atoms with Crippen LogP contribution in [-0.2, 0) is 21.5 Å². The van der Waals surface area contributed by atoms with E-state index in [0.717, 1.165) is 13.0 Å². The Kier molecular flexibility index (Phi) is 11.1. The number of halogens is 4. The van der Waals surface area contributed by atoms with Crippen molar-refractivity contribution in [2.75, 3.05) is 44.7 Å². The third-order valence-electron chi connectivity index (χ3n) is 6.30. The highest BCUT2D eigenvalue weighted by Gasteiger charge is 2.24. The molecule has 2 aromatic carbocycles. The molecule has 0 spiro atoms. The van der Waals surface area contributed by atoms with Crippen molar-refractivity contribution in [1.82, 2.24) is 14.9 Å². The van der Waals surface area contributed by atoms with E-state index in [1.54, 1.807) is 7.11 Å². The number of rotatable bonds is 8. The van der Waals surface area contributed by atoms with E-state index < -0.39 is 17.6 Å². The lowest BCUT2D eigenvalue weighted by molar-refractivity contribution is 0.247. The first-order chi connectivity index (χ1) is 17.7. The molecule has 2 heterocycles. The molecule has 2 N–H and O–H groups in total. The summed E-state index contributed by atoms with van der Waals surface area (Å²) in [6, 6.07) is 8.10. The third-order valence-corrected chi connectivity index (χ3v) is 8.49. The molecule has 0 radical (unpaired) electrons. The molecule has 0 amide bonds. The minimum atomic E-state index is -5.24. The highest BCUT2D eigenvalue weighted by Crippen LogP contribution is 2.41. The molecule has 0 saturated carbocycles. The van der Waals surface area contributed by atoms with Gasteiger partial charge in [0.1, 0.15) is 23.7 Å². The van der Waals surface area contributed by atoms with Gasteiger partial charge in [0.25, 0.3) is 0 Å². The van der Waals surface area contributed by atoms with E-state index in [0.29, 0.717) is 17.1 Å². The third kappa shape index (κ3) is 7.90. The second-order valence-electron chi connectivity index (χ2n) is 9.30. The minimum absolute atomic E-state index is 0. The quantitative estimate of drug-likeness (QED) is 0.225. The Labute approximate surface area is 250 Å². The van der Waals surface area contributed by atoms with Crippen molar-refractivity contribution in [3.05, 3.63) is 52.7 Å². The summed E-state index contributed by atoms with van der Waals surface area (Å²) in [5.74, 6) is 0.767. The molecule has 1 atom stereocenters. The van der Waals surface area contributed by atoms with E-state index in [1.807, 2.05) is 12.1 Å². The Morgan fingerprint density at radius 2 is 1.85 bits per heavy atom. The van der Waals surface area contributed by atoms with Crippen LogP contribution in [0.2, 0.25) is 5.02 Å². The Morgan fingerprint density at radius 1 is 1.15 bits per heavy atom. The number of hydrogen-bond acceptors (Lipinski definition) is 10. The summed E-state index contributed by atoms with van der Waals surface area (Å²) < 4.78 is 57.7. The predicted octanol–water partition coefficient (Wildman–Crippen LogP) is 5.86. The van der Waals surface area contributed by atoms with Gasteiger partial charge in [0.15, 0.2) is 5.82 Å². The summed E-state index contributed by atoms with van der Waals surface area (Å²) in [5.41, 5.74) is 3.42. The van der Waals surface area contributed by atoms with Gasteiger partial charge in [0.05, 0.1) is 24.7 Å². The SMILES string of the molecule is COc1cc2c(cc1Nc1ncc(Cl)c(Nc3ccc(OS(=O)(=O)F)cc3P(C)(C)=O)n1)C(C)N(C)CC2.Cl.Cl. The first-order valence-corrected chi connectivity index (χ1v) is 15.8. The van der Waals surface area contributed by atoms with Crippen LogP contribution in [-0.4, -0.2) is 57.3 Å². The molecule has 40 heavy (non-hydrogen) atoms. The van der Waals surface area contributed by atoms with Gasteiger partial charge < -0.3 is 24.1 Å². The maximum Gasteiger partial charge on any atom is 0.488 e. The van der Waals surface area contributed by atoms with Crippen LogP contribution in [0.3, 0.4) is 0 Å². The topological polar surface area (TPSA) is 123 Å². The number of ether oxygens (including phenoxy) is 1. The van der Waals surface area contributed by atoms with Crippen molar-refractivity contribution in [2.45, 2.75) is 19.4 Å². The van der Waals surface area contributed by atoms with E-state index in [-0.39, 0.29) is 58.7 Å². The number of hydrogen-bond donors (Lipinski definition) is 2. The van der Waals surface area contributed by atoms with Crippen molar-refractivity contribution < 1.29 is 25.8 Å². The number of anilines is 4. The van der Waals surface area contributed by atoms with Crippen LogP contribution >= 0.6 is 43.6 Å². The summed E-state index contributed by atoms with van der Waals surface area (Å²) >= 11 is 6.35. The van der Waals surface area contributed by atoms with Crippen LogP contribution < -0.4 is 24.9 Å². The Bertz CT molecular complexity index is 1540. The van der Waals surface area contributed by atoms with Crippen molar-refractivity contribution in [1.29, 1.82) is 0 Å². The van der Waals surface area contributed by atoms with Crippen LogP contribution in [0.4, 0.5) is 27.0 Å². The molecular formula is C24H30Cl3FN5O5PS. The van der Waals surface area contributed by atoms with Gasteiger partial charge in [0.2, 0.25) is 5.95 Å². The molecule has 1 unspecified atom stereocenters. The van der Waals surface area contributed by atoms with Gasteiger partial charge in [-0.3, -0.25) is 4.90 Å². The number of benzene rings is 2. The Hall–Kier alpha value is -2.34. The normalized spacial score (nSPS) is 15.2. The number of aromatic nitrogens is 2. The molecule has 10 nitrogen and oxygen atoms in total. The fourth-order valence-corrected chi connectivity index (χ4v) is 5.85. The zero-order valence-electron chi connectivity index (χ0n) is 22.3. The highest BCUT2D eigenvalue weighted by molar-refractivity contribution is 7.81. The minimum Gasteiger partial charge on any atom is -0.495 e. The lowest BCUT2D eigenvalue weighted by Crippen LogP contribution is -2.30. The van der Waals surface area contributed by atoms with Crippen LogP contribution in [0.1, 0.15) is 24.1 Å². The van der Waals surface area contributed by atoms with Gasteiger partial charge in [-0.15, -0.1) is 24.8 Å². The fraction of sp³-hybridized carbons (Fsp3) is 0.333. The fourth-order valence-electron chi connectivity index (χ4n) is 4.23. The second kappa shape index (κ2) is 13.1. The average Bonchev–Trinajstić information content (AvgIpc) is 2.83.